The smallest absolute Gasteiger partial charge is 0.393 e. The average molecular weight is 527 g/mol. The molecule has 0 spiro atoms. The maximum Gasteiger partial charge on any atom is 0.393 e. The Bertz CT molecular complexity index is 1120. The Kier molecular flexibility index (Phi) is 8.08. The molecule has 1 aromatic carbocycles. The van der Waals surface area contributed by atoms with Crippen molar-refractivity contribution in [2.45, 2.75) is 32.5 Å². The summed E-state index contributed by atoms with van der Waals surface area (Å²) in [6, 6.07) is 4.77. The first-order valence-corrected chi connectivity index (χ1v) is 12.1. The maximum atomic E-state index is 14.9. The molecule has 3 heterocycles. The van der Waals surface area contributed by atoms with Gasteiger partial charge in [-0.3, -0.25) is 0 Å². The van der Waals surface area contributed by atoms with Crippen LogP contribution in [0.15, 0.2) is 24.3 Å². The molecule has 0 saturated carbocycles. The third-order valence-corrected chi connectivity index (χ3v) is 6.63. The number of hydrogen-bond donors (Lipinski definition) is 2. The summed E-state index contributed by atoms with van der Waals surface area (Å²) in [5.74, 6) is -1.42. The molecule has 8 nitrogen and oxygen atoms in total. The number of aromatic nitrogens is 1. The molecule has 12 heteroatoms. The van der Waals surface area contributed by atoms with Crippen molar-refractivity contribution in [1.29, 1.82) is 0 Å². The van der Waals surface area contributed by atoms with Crippen LogP contribution in [0.25, 0.3) is 11.1 Å². The number of carbonyl (C=O) groups excluding carboxylic acids is 1. The number of morpholine rings is 1. The SMILES string of the molecule is Cc1cc(F)c(NC(=O)N2C[C@H](C(F)(F)F)C[C@@H]2C)cc1-c1cc(OCCO)nc(N2CCOCC2)c1. The van der Waals surface area contributed by atoms with Crippen molar-refractivity contribution in [3.8, 4) is 17.0 Å². The van der Waals surface area contributed by atoms with Crippen LogP contribution in [0.5, 0.6) is 5.88 Å². The van der Waals surface area contributed by atoms with Gasteiger partial charge < -0.3 is 29.7 Å². The second-order valence-corrected chi connectivity index (χ2v) is 9.28. The summed E-state index contributed by atoms with van der Waals surface area (Å²) in [6.45, 7) is 4.92. The number of halogens is 4. The number of ether oxygens (including phenoxy) is 2. The topological polar surface area (TPSA) is 87.2 Å². The molecule has 2 N–H and O–H groups in total. The molecule has 2 saturated heterocycles. The van der Waals surface area contributed by atoms with E-state index >= 15 is 0 Å². The highest BCUT2D eigenvalue weighted by Gasteiger charge is 2.47. The van der Waals surface area contributed by atoms with Crippen LogP contribution in [0, 0.1) is 18.7 Å². The third kappa shape index (κ3) is 6.24. The van der Waals surface area contributed by atoms with Gasteiger partial charge >= 0.3 is 12.2 Å². The minimum Gasteiger partial charge on any atom is -0.475 e. The van der Waals surface area contributed by atoms with Crippen LogP contribution in [0.2, 0.25) is 0 Å². The van der Waals surface area contributed by atoms with Crippen LogP contribution in [-0.2, 0) is 4.74 Å². The van der Waals surface area contributed by atoms with E-state index in [1.165, 1.54) is 12.1 Å². The first kappa shape index (κ1) is 26.9. The van der Waals surface area contributed by atoms with Crippen molar-refractivity contribution in [3.63, 3.8) is 0 Å². The molecule has 2 aliphatic rings. The summed E-state index contributed by atoms with van der Waals surface area (Å²) in [6.07, 6.45) is -4.60. The number of aryl methyl sites for hydroxylation is 1. The van der Waals surface area contributed by atoms with Crippen LogP contribution < -0.4 is 15.0 Å². The van der Waals surface area contributed by atoms with Gasteiger partial charge in [-0.15, -0.1) is 0 Å². The molecule has 37 heavy (non-hydrogen) atoms. The number of amides is 2. The summed E-state index contributed by atoms with van der Waals surface area (Å²) in [4.78, 5) is 20.4. The number of benzene rings is 1. The standard InChI is InChI=1S/C25H30F4N4O4/c1-15-9-20(26)21(30-24(35)33-14-18(10-16(33)2)25(27,28)29)13-19(15)17-11-22(32-3-6-36-7-4-32)31-23(12-17)37-8-5-34/h9,11-13,16,18,34H,3-8,10,14H2,1-2H3,(H,30,35)/t16-,18+/m0/s1. The van der Waals surface area contributed by atoms with E-state index in [2.05, 4.69) is 10.3 Å². The molecule has 0 radical (unpaired) electrons. The van der Waals surface area contributed by atoms with Gasteiger partial charge in [-0.2, -0.15) is 18.2 Å². The number of nitrogens with zero attached hydrogens (tertiary/aromatic N) is 3. The molecule has 202 valence electrons. The van der Waals surface area contributed by atoms with Gasteiger partial charge in [0.05, 0.1) is 31.4 Å². The van der Waals surface area contributed by atoms with Crippen molar-refractivity contribution >= 4 is 17.5 Å². The number of pyridine rings is 1. The number of nitrogens with one attached hydrogen (secondary N) is 1. The summed E-state index contributed by atoms with van der Waals surface area (Å²) in [5.41, 5.74) is 1.67. The summed E-state index contributed by atoms with van der Waals surface area (Å²) in [5, 5.41) is 11.6. The Hall–Kier alpha value is -3.12. The van der Waals surface area contributed by atoms with Gasteiger partial charge in [0, 0.05) is 31.7 Å². The number of anilines is 2. The Morgan fingerprint density at radius 2 is 1.97 bits per heavy atom. The Labute approximate surface area is 212 Å². The van der Waals surface area contributed by atoms with E-state index in [9.17, 15) is 22.4 Å². The van der Waals surface area contributed by atoms with E-state index in [0.717, 1.165) is 4.90 Å². The molecule has 4 rings (SSSR count). The minimum absolute atomic E-state index is 0.0374. The summed E-state index contributed by atoms with van der Waals surface area (Å²) < 4.78 is 65.3. The highest BCUT2D eigenvalue weighted by atomic mass is 19.4. The fourth-order valence-electron chi connectivity index (χ4n) is 4.64. The zero-order valence-corrected chi connectivity index (χ0v) is 20.6. The number of urea groups is 1. The van der Waals surface area contributed by atoms with Gasteiger partial charge in [-0.05, 0) is 55.2 Å². The lowest BCUT2D eigenvalue weighted by Gasteiger charge is -2.28. The first-order chi connectivity index (χ1) is 17.6. The molecule has 2 aromatic rings. The van der Waals surface area contributed by atoms with Gasteiger partial charge in [-0.25, -0.2) is 9.18 Å². The van der Waals surface area contributed by atoms with E-state index in [0.29, 0.717) is 48.8 Å². The molecule has 0 unspecified atom stereocenters. The van der Waals surface area contributed by atoms with E-state index in [4.69, 9.17) is 14.6 Å². The van der Waals surface area contributed by atoms with Crippen molar-refractivity contribution in [1.82, 2.24) is 9.88 Å². The largest absolute Gasteiger partial charge is 0.475 e. The molecule has 2 aliphatic heterocycles. The van der Waals surface area contributed by atoms with E-state index in [1.54, 1.807) is 19.9 Å². The lowest BCUT2D eigenvalue weighted by molar-refractivity contribution is -0.170. The van der Waals surface area contributed by atoms with Crippen molar-refractivity contribution in [2.24, 2.45) is 5.92 Å². The molecular formula is C25H30F4N4O4. The number of aliphatic hydroxyl groups is 1. The number of aliphatic hydroxyl groups excluding tert-OH is 1. The Balaban J connectivity index is 1.63. The molecule has 0 aliphatic carbocycles. The van der Waals surface area contributed by atoms with Gasteiger partial charge in [0.25, 0.3) is 0 Å². The van der Waals surface area contributed by atoms with Crippen LogP contribution in [0.4, 0.5) is 33.9 Å². The first-order valence-electron chi connectivity index (χ1n) is 12.1. The molecule has 2 amide bonds. The number of likely N-dealkylation sites (tertiary alicyclic amines) is 1. The highest BCUT2D eigenvalue weighted by molar-refractivity contribution is 5.91. The Morgan fingerprint density at radius 3 is 2.62 bits per heavy atom. The van der Waals surface area contributed by atoms with E-state index in [1.807, 2.05) is 11.0 Å². The van der Waals surface area contributed by atoms with Crippen LogP contribution in [-0.4, -0.2) is 79.3 Å². The van der Waals surface area contributed by atoms with Gasteiger partial charge in [-0.1, -0.05) is 0 Å². The number of rotatable bonds is 6. The predicted molar refractivity (Wildman–Crippen MR) is 129 cm³/mol. The number of alkyl halides is 3. The molecule has 2 fully saturated rings. The Morgan fingerprint density at radius 1 is 1.24 bits per heavy atom. The lowest BCUT2D eigenvalue weighted by Crippen LogP contribution is -2.38. The van der Waals surface area contributed by atoms with Gasteiger partial charge in [0.2, 0.25) is 5.88 Å². The molecule has 2 atom stereocenters. The zero-order valence-electron chi connectivity index (χ0n) is 20.6. The van der Waals surface area contributed by atoms with Crippen molar-refractivity contribution in [3.05, 3.63) is 35.6 Å². The monoisotopic (exact) mass is 526 g/mol. The third-order valence-electron chi connectivity index (χ3n) is 6.63. The molecule has 0 bridgehead atoms. The number of hydrogen-bond acceptors (Lipinski definition) is 6. The highest BCUT2D eigenvalue weighted by Crippen LogP contribution is 2.37. The second-order valence-electron chi connectivity index (χ2n) is 9.28. The van der Waals surface area contributed by atoms with Crippen LogP contribution >= 0.6 is 0 Å². The molecular weight excluding hydrogens is 496 g/mol. The lowest BCUT2D eigenvalue weighted by atomic mass is 10.00. The average Bonchev–Trinajstić information content (AvgIpc) is 3.27. The van der Waals surface area contributed by atoms with Crippen LogP contribution in [0.3, 0.4) is 0 Å². The van der Waals surface area contributed by atoms with Gasteiger partial charge in [0.15, 0.2) is 0 Å². The summed E-state index contributed by atoms with van der Waals surface area (Å²) >= 11 is 0. The van der Waals surface area contributed by atoms with Crippen molar-refractivity contribution < 1.29 is 36.9 Å². The van der Waals surface area contributed by atoms with Crippen molar-refractivity contribution in [2.75, 3.05) is 56.3 Å². The molecule has 1 aromatic heterocycles. The van der Waals surface area contributed by atoms with E-state index < -0.39 is 36.5 Å². The predicted octanol–water partition coefficient (Wildman–Crippen LogP) is 4.21. The fourth-order valence-corrected chi connectivity index (χ4v) is 4.64. The quantitative estimate of drug-likeness (QED) is 0.549. The number of carbonyl (C=O) groups is 1. The summed E-state index contributed by atoms with van der Waals surface area (Å²) in [7, 11) is 0. The van der Waals surface area contributed by atoms with Gasteiger partial charge in [0.1, 0.15) is 18.2 Å². The normalized spacial score (nSPS) is 20.3. The zero-order chi connectivity index (χ0) is 26.7. The van der Waals surface area contributed by atoms with Crippen LogP contribution in [0.1, 0.15) is 18.9 Å². The second kappa shape index (κ2) is 11.1. The fraction of sp³-hybridized carbons (Fsp3) is 0.520. The minimum atomic E-state index is -4.40. The van der Waals surface area contributed by atoms with E-state index in [-0.39, 0.29) is 31.2 Å². The maximum absolute atomic E-state index is 14.9.